The van der Waals surface area contributed by atoms with E-state index < -0.39 is 6.43 Å². The van der Waals surface area contributed by atoms with Crippen molar-refractivity contribution >= 4 is 11.5 Å². The van der Waals surface area contributed by atoms with Crippen molar-refractivity contribution < 1.29 is 8.78 Å². The lowest BCUT2D eigenvalue weighted by Crippen LogP contribution is -2.03. The van der Waals surface area contributed by atoms with Crippen molar-refractivity contribution in [2.75, 3.05) is 0 Å². The summed E-state index contributed by atoms with van der Waals surface area (Å²) in [5.41, 5.74) is 0.643. The van der Waals surface area contributed by atoms with Gasteiger partial charge in [-0.05, 0) is 19.1 Å². The van der Waals surface area contributed by atoms with Crippen LogP contribution in [0, 0.1) is 0 Å². The lowest BCUT2D eigenvalue weighted by molar-refractivity contribution is 0.151. The summed E-state index contributed by atoms with van der Waals surface area (Å²) in [4.78, 5) is 8.20. The Morgan fingerprint density at radius 2 is 2.00 bits per heavy atom. The molecule has 1 heterocycles. The van der Waals surface area contributed by atoms with Crippen LogP contribution in [0.1, 0.15) is 18.9 Å². The summed E-state index contributed by atoms with van der Waals surface area (Å²) in [5.74, 6) is 0.729. The second kappa shape index (κ2) is 4.86. The maximum Gasteiger partial charge on any atom is 0.263 e. The molecule has 0 unspecified atom stereocenters. The molecule has 0 radical (unpaired) electrons. The number of halogens is 2. The highest BCUT2D eigenvalue weighted by Gasteiger charge is 2.05. The number of imidazole rings is 1. The molecule has 0 fully saturated rings. The topological polar surface area (TPSA) is 30.2 Å². The van der Waals surface area contributed by atoms with Crippen LogP contribution in [0.5, 0.6) is 0 Å². The van der Waals surface area contributed by atoms with E-state index in [1.54, 1.807) is 35.4 Å². The van der Waals surface area contributed by atoms with Crippen molar-refractivity contribution in [3.05, 3.63) is 48.5 Å². The minimum atomic E-state index is -2.44. The van der Waals surface area contributed by atoms with E-state index in [9.17, 15) is 8.78 Å². The van der Waals surface area contributed by atoms with Crippen LogP contribution in [-0.2, 0) is 0 Å². The molecule has 5 heteroatoms. The largest absolute Gasteiger partial charge is 0.294 e. The maximum atomic E-state index is 12.3. The summed E-state index contributed by atoms with van der Waals surface area (Å²) >= 11 is 0. The lowest BCUT2D eigenvalue weighted by atomic mass is 10.2. The van der Waals surface area contributed by atoms with E-state index in [0.717, 1.165) is 5.84 Å². The van der Waals surface area contributed by atoms with Crippen LogP contribution in [0.25, 0.3) is 0 Å². The Bertz CT molecular complexity index is 501. The van der Waals surface area contributed by atoms with Crippen LogP contribution in [0.2, 0.25) is 0 Å². The summed E-state index contributed by atoms with van der Waals surface area (Å²) in [6.07, 6.45) is 2.61. The molecule has 0 atom stereocenters. The predicted octanol–water partition coefficient (Wildman–Crippen LogP) is 3.42. The zero-order valence-corrected chi connectivity index (χ0v) is 9.22. The first-order valence-corrected chi connectivity index (χ1v) is 5.08. The van der Waals surface area contributed by atoms with E-state index in [1.807, 2.05) is 6.92 Å². The number of rotatable bonds is 2. The highest BCUT2D eigenvalue weighted by atomic mass is 19.3. The molecule has 0 bridgehead atoms. The molecule has 2 rings (SSSR count). The molecule has 17 heavy (non-hydrogen) atoms. The normalized spacial score (nSPS) is 12.1. The van der Waals surface area contributed by atoms with E-state index in [-0.39, 0.29) is 5.56 Å². The third kappa shape index (κ3) is 2.75. The Kier molecular flexibility index (Phi) is 3.27. The molecule has 1 aromatic heterocycles. The Hall–Kier alpha value is -2.04. The Morgan fingerprint density at radius 1 is 1.29 bits per heavy atom. The molecular formula is C12H11F2N3. The first kappa shape index (κ1) is 11.4. The summed E-state index contributed by atoms with van der Waals surface area (Å²) in [7, 11) is 0. The summed E-state index contributed by atoms with van der Waals surface area (Å²) in [5, 5.41) is 0. The average Bonchev–Trinajstić information content (AvgIpc) is 2.83. The highest BCUT2D eigenvalue weighted by molar-refractivity contribution is 5.84. The number of aromatic nitrogens is 2. The van der Waals surface area contributed by atoms with E-state index in [0.29, 0.717) is 5.69 Å². The number of aliphatic imine (C=N–C) groups is 1. The fourth-order valence-electron chi connectivity index (χ4n) is 1.39. The van der Waals surface area contributed by atoms with Gasteiger partial charge >= 0.3 is 0 Å². The van der Waals surface area contributed by atoms with Crippen molar-refractivity contribution in [1.29, 1.82) is 0 Å². The van der Waals surface area contributed by atoms with Crippen LogP contribution in [-0.4, -0.2) is 15.4 Å². The van der Waals surface area contributed by atoms with Crippen molar-refractivity contribution in [2.45, 2.75) is 13.3 Å². The van der Waals surface area contributed by atoms with Crippen LogP contribution < -0.4 is 0 Å². The molecule has 0 aliphatic carbocycles. The third-order valence-corrected chi connectivity index (χ3v) is 2.31. The summed E-state index contributed by atoms with van der Waals surface area (Å²) in [6.45, 7) is 1.82. The smallest absolute Gasteiger partial charge is 0.263 e. The van der Waals surface area contributed by atoms with Gasteiger partial charge in [0.25, 0.3) is 6.43 Å². The monoisotopic (exact) mass is 235 g/mol. The van der Waals surface area contributed by atoms with E-state index in [4.69, 9.17) is 0 Å². The second-order valence-corrected chi connectivity index (χ2v) is 3.52. The highest BCUT2D eigenvalue weighted by Crippen LogP contribution is 2.21. The van der Waals surface area contributed by atoms with Crippen LogP contribution in [0.3, 0.4) is 0 Å². The van der Waals surface area contributed by atoms with Crippen LogP contribution in [0.15, 0.2) is 48.0 Å². The van der Waals surface area contributed by atoms with E-state index in [2.05, 4.69) is 9.98 Å². The molecule has 0 spiro atoms. The van der Waals surface area contributed by atoms with Crippen LogP contribution in [0.4, 0.5) is 14.5 Å². The molecule has 0 aliphatic rings. The molecule has 0 amide bonds. The molecule has 0 saturated heterocycles. The molecule has 88 valence electrons. The molecule has 2 aromatic rings. The average molecular weight is 235 g/mol. The van der Waals surface area contributed by atoms with E-state index >= 15 is 0 Å². The van der Waals surface area contributed by atoms with Gasteiger partial charge in [-0.2, -0.15) is 0 Å². The van der Waals surface area contributed by atoms with Crippen LogP contribution >= 0.6 is 0 Å². The number of nitrogens with zero attached hydrogens (tertiary/aromatic N) is 3. The van der Waals surface area contributed by atoms with Crippen molar-refractivity contribution in [1.82, 2.24) is 9.55 Å². The van der Waals surface area contributed by atoms with E-state index in [1.165, 1.54) is 12.1 Å². The number of hydrogen-bond donors (Lipinski definition) is 0. The van der Waals surface area contributed by atoms with Gasteiger partial charge in [-0.25, -0.2) is 18.8 Å². The lowest BCUT2D eigenvalue weighted by Gasteiger charge is -2.02. The summed E-state index contributed by atoms with van der Waals surface area (Å²) in [6, 6.07) is 5.90. The molecule has 0 saturated carbocycles. The fraction of sp³-hybridized carbons (Fsp3) is 0.167. The van der Waals surface area contributed by atoms with Crippen molar-refractivity contribution in [2.24, 2.45) is 4.99 Å². The predicted molar refractivity (Wildman–Crippen MR) is 61.8 cm³/mol. The van der Waals surface area contributed by atoms with Gasteiger partial charge in [0.1, 0.15) is 12.2 Å². The first-order valence-electron chi connectivity index (χ1n) is 5.08. The molecular weight excluding hydrogens is 224 g/mol. The molecule has 0 N–H and O–H groups in total. The zero-order valence-electron chi connectivity index (χ0n) is 9.22. The number of alkyl halides is 2. The standard InChI is InChI=1S/C12H11F2N3/c1-9(17-7-6-15-8-17)16-11-4-2-10(3-5-11)12(13)14/h2-8,12H,1H3. The van der Waals surface area contributed by atoms with Gasteiger partial charge in [0.15, 0.2) is 0 Å². The van der Waals surface area contributed by atoms with Gasteiger partial charge in [0.05, 0.1) is 5.69 Å². The van der Waals surface area contributed by atoms with Gasteiger partial charge in [0, 0.05) is 18.0 Å². The minimum Gasteiger partial charge on any atom is -0.294 e. The molecule has 1 aromatic carbocycles. The second-order valence-electron chi connectivity index (χ2n) is 3.52. The van der Waals surface area contributed by atoms with Crippen molar-refractivity contribution in [3.63, 3.8) is 0 Å². The van der Waals surface area contributed by atoms with Crippen molar-refractivity contribution in [3.8, 4) is 0 Å². The number of hydrogen-bond acceptors (Lipinski definition) is 2. The van der Waals surface area contributed by atoms with Gasteiger partial charge in [0.2, 0.25) is 0 Å². The molecule has 3 nitrogen and oxygen atoms in total. The minimum absolute atomic E-state index is 0.00392. The maximum absolute atomic E-state index is 12.3. The van der Waals surface area contributed by atoms with Gasteiger partial charge in [-0.15, -0.1) is 0 Å². The Labute approximate surface area is 97.4 Å². The third-order valence-electron chi connectivity index (χ3n) is 2.31. The Balaban J connectivity index is 2.21. The quantitative estimate of drug-likeness (QED) is 0.579. The number of benzene rings is 1. The van der Waals surface area contributed by atoms with Gasteiger partial charge in [-0.3, -0.25) is 4.57 Å². The SMILES string of the molecule is CC(=Nc1ccc(C(F)F)cc1)n1ccnc1. The zero-order chi connectivity index (χ0) is 12.3. The Morgan fingerprint density at radius 3 is 2.53 bits per heavy atom. The first-order chi connectivity index (χ1) is 8.16. The van der Waals surface area contributed by atoms with Gasteiger partial charge in [-0.1, -0.05) is 12.1 Å². The molecule has 0 aliphatic heterocycles. The fourth-order valence-corrected chi connectivity index (χ4v) is 1.39. The summed E-state index contributed by atoms with van der Waals surface area (Å²) < 4.78 is 26.4. The van der Waals surface area contributed by atoms with Gasteiger partial charge < -0.3 is 0 Å².